The summed E-state index contributed by atoms with van der Waals surface area (Å²) in [5.74, 6) is 1.66. The molecule has 0 aromatic carbocycles. The highest BCUT2D eigenvalue weighted by Gasteiger charge is 2.31. The first-order valence-electron chi connectivity index (χ1n) is 6.44. The fraction of sp³-hybridized carbons (Fsp3) is 0.923. The Bertz CT molecular complexity index is 264. The summed E-state index contributed by atoms with van der Waals surface area (Å²) in [5.41, 5.74) is 0. The molecular formula is C13H22N2O. The summed E-state index contributed by atoms with van der Waals surface area (Å²) in [5, 5.41) is 8.91. The monoisotopic (exact) mass is 222 g/mol. The molecule has 1 saturated heterocycles. The Morgan fingerprint density at radius 2 is 1.88 bits per heavy atom. The third-order valence-electron chi connectivity index (χ3n) is 3.91. The number of ether oxygens (including phenoxy) is 1. The summed E-state index contributed by atoms with van der Waals surface area (Å²) in [6.07, 6.45) is 3.74. The molecule has 3 heteroatoms. The summed E-state index contributed by atoms with van der Waals surface area (Å²) >= 11 is 0. The zero-order valence-electron chi connectivity index (χ0n) is 10.4. The maximum Gasteiger partial charge on any atom is 0.156 e. The molecular weight excluding hydrogens is 200 g/mol. The molecule has 1 heterocycles. The van der Waals surface area contributed by atoms with E-state index in [0.717, 1.165) is 31.5 Å². The van der Waals surface area contributed by atoms with Crippen molar-refractivity contribution >= 4 is 0 Å². The lowest BCUT2D eigenvalue weighted by molar-refractivity contribution is -0.0308. The van der Waals surface area contributed by atoms with E-state index in [0.29, 0.717) is 6.04 Å². The predicted octanol–water partition coefficient (Wildman–Crippen LogP) is 2.04. The summed E-state index contributed by atoms with van der Waals surface area (Å²) in [6.45, 7) is 7.23. The molecule has 16 heavy (non-hydrogen) atoms. The molecule has 0 aromatic rings. The van der Waals surface area contributed by atoms with E-state index in [1.807, 2.05) is 0 Å². The summed E-state index contributed by atoms with van der Waals surface area (Å²) in [4.78, 5) is 2.48. The number of morpholine rings is 1. The van der Waals surface area contributed by atoms with Gasteiger partial charge in [0.1, 0.15) is 0 Å². The van der Waals surface area contributed by atoms with Crippen molar-refractivity contribution in [1.29, 1.82) is 5.26 Å². The lowest BCUT2D eigenvalue weighted by Crippen LogP contribution is -2.49. The second-order valence-corrected chi connectivity index (χ2v) is 5.55. The number of nitrogens with zero attached hydrogens (tertiary/aromatic N) is 2. The van der Waals surface area contributed by atoms with Gasteiger partial charge in [0.05, 0.1) is 12.7 Å². The summed E-state index contributed by atoms with van der Waals surface area (Å²) < 4.78 is 5.40. The molecule has 1 saturated carbocycles. The van der Waals surface area contributed by atoms with Crippen molar-refractivity contribution in [3.63, 3.8) is 0 Å². The van der Waals surface area contributed by atoms with Gasteiger partial charge in [0.25, 0.3) is 0 Å². The van der Waals surface area contributed by atoms with Crippen molar-refractivity contribution in [3.8, 4) is 6.07 Å². The van der Waals surface area contributed by atoms with Crippen LogP contribution in [0.2, 0.25) is 0 Å². The molecule has 0 amide bonds. The molecule has 0 bridgehead atoms. The van der Waals surface area contributed by atoms with Crippen molar-refractivity contribution in [2.24, 2.45) is 11.8 Å². The van der Waals surface area contributed by atoms with Crippen LogP contribution in [-0.2, 0) is 4.74 Å². The predicted molar refractivity (Wildman–Crippen MR) is 62.9 cm³/mol. The van der Waals surface area contributed by atoms with Gasteiger partial charge in [-0.2, -0.15) is 5.26 Å². The van der Waals surface area contributed by atoms with Crippen molar-refractivity contribution in [2.45, 2.75) is 45.3 Å². The number of hydrogen-bond acceptors (Lipinski definition) is 3. The Hall–Kier alpha value is -0.590. The van der Waals surface area contributed by atoms with Crippen molar-refractivity contribution in [1.82, 2.24) is 4.90 Å². The standard InChI is InChI=1S/C13H22N2O/c1-10-5-11(2)7-12(6-10)15-3-4-16-13(8-14)9-15/h10-13H,3-7,9H2,1-2H3. The zero-order valence-corrected chi connectivity index (χ0v) is 10.4. The number of nitriles is 1. The van der Waals surface area contributed by atoms with E-state index in [1.165, 1.54) is 19.3 Å². The minimum atomic E-state index is -0.207. The maximum atomic E-state index is 8.91. The molecule has 0 aromatic heterocycles. The van der Waals surface area contributed by atoms with Gasteiger partial charge in [-0.15, -0.1) is 0 Å². The van der Waals surface area contributed by atoms with E-state index in [2.05, 4.69) is 24.8 Å². The van der Waals surface area contributed by atoms with Crippen LogP contribution in [0.4, 0.5) is 0 Å². The summed E-state index contributed by atoms with van der Waals surface area (Å²) in [6, 6.07) is 2.91. The van der Waals surface area contributed by atoms with Crippen LogP contribution in [0.5, 0.6) is 0 Å². The van der Waals surface area contributed by atoms with Gasteiger partial charge in [-0.1, -0.05) is 13.8 Å². The molecule has 2 aliphatic rings. The Balaban J connectivity index is 1.93. The molecule has 2 fully saturated rings. The van der Waals surface area contributed by atoms with Crippen LogP contribution in [0.3, 0.4) is 0 Å². The smallest absolute Gasteiger partial charge is 0.156 e. The normalized spacial score (nSPS) is 41.6. The molecule has 90 valence electrons. The fourth-order valence-electron chi connectivity index (χ4n) is 3.28. The fourth-order valence-corrected chi connectivity index (χ4v) is 3.28. The van der Waals surface area contributed by atoms with E-state index < -0.39 is 0 Å². The average molecular weight is 222 g/mol. The second kappa shape index (κ2) is 5.16. The largest absolute Gasteiger partial charge is 0.361 e. The topological polar surface area (TPSA) is 36.3 Å². The van der Waals surface area contributed by atoms with Gasteiger partial charge in [-0.3, -0.25) is 4.90 Å². The highest BCUT2D eigenvalue weighted by Crippen LogP contribution is 2.32. The van der Waals surface area contributed by atoms with Crippen LogP contribution < -0.4 is 0 Å². The minimum absolute atomic E-state index is 0.207. The second-order valence-electron chi connectivity index (χ2n) is 5.55. The minimum Gasteiger partial charge on any atom is -0.361 e. The first-order chi connectivity index (χ1) is 7.69. The van der Waals surface area contributed by atoms with Crippen LogP contribution in [0.1, 0.15) is 33.1 Å². The lowest BCUT2D eigenvalue weighted by atomic mass is 9.79. The van der Waals surface area contributed by atoms with Crippen molar-refractivity contribution in [2.75, 3.05) is 19.7 Å². The van der Waals surface area contributed by atoms with Gasteiger partial charge >= 0.3 is 0 Å². The Labute approximate surface area is 98.4 Å². The molecule has 0 N–H and O–H groups in total. The first kappa shape index (κ1) is 11.9. The molecule has 1 aliphatic carbocycles. The zero-order chi connectivity index (χ0) is 11.5. The number of rotatable bonds is 1. The highest BCUT2D eigenvalue weighted by molar-refractivity contribution is 4.92. The van der Waals surface area contributed by atoms with Gasteiger partial charge in [-0.25, -0.2) is 0 Å². The van der Waals surface area contributed by atoms with Gasteiger partial charge < -0.3 is 4.74 Å². The molecule has 0 spiro atoms. The van der Waals surface area contributed by atoms with Crippen LogP contribution in [0, 0.1) is 23.2 Å². The molecule has 3 nitrogen and oxygen atoms in total. The van der Waals surface area contributed by atoms with E-state index in [9.17, 15) is 0 Å². The number of hydrogen-bond donors (Lipinski definition) is 0. The lowest BCUT2D eigenvalue weighted by Gasteiger charge is -2.41. The molecule has 3 unspecified atom stereocenters. The maximum absolute atomic E-state index is 8.91. The third kappa shape index (κ3) is 2.75. The molecule has 3 atom stereocenters. The van der Waals surface area contributed by atoms with Crippen molar-refractivity contribution in [3.05, 3.63) is 0 Å². The Morgan fingerprint density at radius 1 is 1.19 bits per heavy atom. The van der Waals surface area contributed by atoms with E-state index in [1.54, 1.807) is 0 Å². The molecule has 1 aliphatic heterocycles. The van der Waals surface area contributed by atoms with E-state index >= 15 is 0 Å². The Morgan fingerprint density at radius 3 is 2.50 bits per heavy atom. The van der Waals surface area contributed by atoms with Gasteiger partial charge in [0, 0.05) is 19.1 Å². The quantitative estimate of drug-likeness (QED) is 0.681. The van der Waals surface area contributed by atoms with Crippen LogP contribution >= 0.6 is 0 Å². The van der Waals surface area contributed by atoms with Gasteiger partial charge in [-0.05, 0) is 31.1 Å². The van der Waals surface area contributed by atoms with Crippen LogP contribution in [-0.4, -0.2) is 36.7 Å². The van der Waals surface area contributed by atoms with Crippen LogP contribution in [0.25, 0.3) is 0 Å². The SMILES string of the molecule is CC1CC(C)CC(N2CCOC(C#N)C2)C1. The molecule has 0 radical (unpaired) electrons. The van der Waals surface area contributed by atoms with Gasteiger partial charge in [0.2, 0.25) is 0 Å². The van der Waals surface area contributed by atoms with Crippen LogP contribution in [0.15, 0.2) is 0 Å². The van der Waals surface area contributed by atoms with E-state index in [-0.39, 0.29) is 6.10 Å². The van der Waals surface area contributed by atoms with Gasteiger partial charge in [0.15, 0.2) is 6.10 Å². The summed E-state index contributed by atoms with van der Waals surface area (Å²) in [7, 11) is 0. The average Bonchev–Trinajstić information content (AvgIpc) is 2.28. The van der Waals surface area contributed by atoms with E-state index in [4.69, 9.17) is 10.00 Å². The first-order valence-corrected chi connectivity index (χ1v) is 6.44. The highest BCUT2D eigenvalue weighted by atomic mass is 16.5. The third-order valence-corrected chi connectivity index (χ3v) is 3.91. The Kier molecular flexibility index (Phi) is 3.83. The van der Waals surface area contributed by atoms with Crippen molar-refractivity contribution < 1.29 is 4.74 Å². The molecule has 2 rings (SSSR count).